The van der Waals surface area contributed by atoms with Crippen molar-refractivity contribution in [2.75, 3.05) is 6.61 Å². The van der Waals surface area contributed by atoms with Crippen LogP contribution in [0.2, 0.25) is 0 Å². The molecular formula is C32H37N3O7. The molecule has 1 aliphatic rings. The lowest BCUT2D eigenvalue weighted by molar-refractivity contribution is -0.131. The van der Waals surface area contributed by atoms with Crippen molar-refractivity contribution >= 4 is 35.3 Å². The van der Waals surface area contributed by atoms with Gasteiger partial charge in [-0.3, -0.25) is 19.2 Å². The average Bonchev–Trinajstić information content (AvgIpc) is 3.25. The second-order valence-corrected chi connectivity index (χ2v) is 10.6. The molecule has 1 aliphatic carbocycles. The number of carbonyl (C=O) groups excluding carboxylic acids is 6. The van der Waals surface area contributed by atoms with Crippen molar-refractivity contribution in [3.05, 3.63) is 71.8 Å². The summed E-state index contributed by atoms with van der Waals surface area (Å²) in [5.41, 5.74) is 14.8. The Morgan fingerprint density at radius 2 is 1.38 bits per heavy atom. The molecule has 3 amide bonds. The summed E-state index contributed by atoms with van der Waals surface area (Å²) in [6.45, 7) is 2.86. The van der Waals surface area contributed by atoms with E-state index in [1.54, 1.807) is 12.2 Å². The number of benzene rings is 2. The quantitative estimate of drug-likeness (QED) is 0.257. The fourth-order valence-electron chi connectivity index (χ4n) is 5.19. The van der Waals surface area contributed by atoms with Gasteiger partial charge in [0.05, 0.1) is 12.0 Å². The van der Waals surface area contributed by atoms with Gasteiger partial charge in [-0.25, -0.2) is 4.79 Å². The van der Waals surface area contributed by atoms with Crippen LogP contribution in [0, 0.1) is 11.8 Å². The molecule has 0 aromatic heterocycles. The molecule has 0 fully saturated rings. The Labute approximate surface area is 244 Å². The van der Waals surface area contributed by atoms with Crippen molar-refractivity contribution in [2.24, 2.45) is 23.3 Å². The van der Waals surface area contributed by atoms with Crippen LogP contribution >= 0.6 is 0 Å². The van der Waals surface area contributed by atoms with E-state index in [1.807, 2.05) is 48.5 Å². The van der Waals surface area contributed by atoms with E-state index in [0.29, 0.717) is 0 Å². The number of nitrogens with two attached hydrogens (primary N) is 2. The van der Waals surface area contributed by atoms with Crippen LogP contribution < -0.4 is 16.8 Å². The first-order chi connectivity index (χ1) is 20.0. The van der Waals surface area contributed by atoms with Crippen molar-refractivity contribution in [3.63, 3.8) is 0 Å². The normalized spacial score (nSPS) is 14.3. The van der Waals surface area contributed by atoms with E-state index in [1.165, 1.54) is 13.8 Å². The second-order valence-electron chi connectivity index (χ2n) is 10.6. The molecule has 0 spiro atoms. The number of alkyl carbamates (subject to hydrolysis) is 1. The monoisotopic (exact) mass is 575 g/mol. The molecular weight excluding hydrogens is 538 g/mol. The first-order valence-electron chi connectivity index (χ1n) is 13.8. The van der Waals surface area contributed by atoms with Crippen LogP contribution in [0.4, 0.5) is 4.79 Å². The molecule has 10 nitrogen and oxygen atoms in total. The van der Waals surface area contributed by atoms with Crippen molar-refractivity contribution in [1.29, 1.82) is 0 Å². The molecule has 10 heteroatoms. The number of nitrogens with one attached hydrogen (secondary N) is 1. The highest BCUT2D eigenvalue weighted by Crippen LogP contribution is 2.44. The van der Waals surface area contributed by atoms with E-state index in [0.717, 1.165) is 22.3 Å². The molecule has 3 rings (SSSR count). The summed E-state index contributed by atoms with van der Waals surface area (Å²) < 4.78 is 5.58. The minimum Gasteiger partial charge on any atom is -0.449 e. The smallest absolute Gasteiger partial charge is 0.407 e. The van der Waals surface area contributed by atoms with E-state index in [-0.39, 0.29) is 43.4 Å². The highest BCUT2D eigenvalue weighted by Gasteiger charge is 2.31. The van der Waals surface area contributed by atoms with Crippen LogP contribution in [-0.2, 0) is 28.7 Å². The molecule has 0 heterocycles. The van der Waals surface area contributed by atoms with Crippen molar-refractivity contribution in [2.45, 2.75) is 57.9 Å². The number of primary amides is 2. The maximum atomic E-state index is 13.2. The average molecular weight is 576 g/mol. The maximum Gasteiger partial charge on any atom is 0.407 e. The number of rotatable bonds is 16. The van der Waals surface area contributed by atoms with E-state index in [2.05, 4.69) is 5.32 Å². The SMILES string of the molecule is CC(=O)CC(CC=CC[C@H](NC(=O)OCC1c2ccccc2-c2ccccc21)C(=O)C[C@@H](CC(N)=O)C(N)=O)C(C)=O. The van der Waals surface area contributed by atoms with Crippen LogP contribution in [0.3, 0.4) is 0 Å². The minimum absolute atomic E-state index is 0.0236. The largest absolute Gasteiger partial charge is 0.449 e. The highest BCUT2D eigenvalue weighted by atomic mass is 16.5. The first-order valence-corrected chi connectivity index (χ1v) is 13.8. The number of hydrogen-bond acceptors (Lipinski definition) is 7. The fourth-order valence-corrected chi connectivity index (χ4v) is 5.19. The zero-order valence-corrected chi connectivity index (χ0v) is 23.8. The summed E-state index contributed by atoms with van der Waals surface area (Å²) in [6, 6.07) is 14.7. The summed E-state index contributed by atoms with van der Waals surface area (Å²) >= 11 is 0. The maximum absolute atomic E-state index is 13.2. The van der Waals surface area contributed by atoms with Crippen LogP contribution in [0.15, 0.2) is 60.7 Å². The molecule has 5 N–H and O–H groups in total. The number of carbonyl (C=O) groups is 6. The molecule has 0 bridgehead atoms. The van der Waals surface area contributed by atoms with Gasteiger partial charge in [-0.05, 0) is 48.9 Å². The predicted octanol–water partition coefficient (Wildman–Crippen LogP) is 3.35. The van der Waals surface area contributed by atoms with Gasteiger partial charge >= 0.3 is 6.09 Å². The van der Waals surface area contributed by atoms with Crippen LogP contribution in [-0.4, -0.2) is 47.9 Å². The number of Topliss-reactive ketones (excluding diaryl/α,β-unsaturated/α-hetero) is 3. The van der Waals surface area contributed by atoms with Gasteiger partial charge in [0.15, 0.2) is 5.78 Å². The number of ether oxygens (including phenoxy) is 1. The Kier molecular flexibility index (Phi) is 11.3. The number of hydrogen-bond donors (Lipinski definition) is 3. The lowest BCUT2D eigenvalue weighted by atomic mass is 9.92. The van der Waals surface area contributed by atoms with Gasteiger partial charge in [-0.1, -0.05) is 60.7 Å². The number of fused-ring (bicyclic) bond motifs is 3. The summed E-state index contributed by atoms with van der Waals surface area (Å²) in [6.07, 6.45) is 2.07. The third-order valence-electron chi connectivity index (χ3n) is 7.39. The van der Waals surface area contributed by atoms with E-state index < -0.39 is 54.4 Å². The molecule has 0 saturated carbocycles. The summed E-state index contributed by atoms with van der Waals surface area (Å²) in [5.74, 6) is -4.21. The third kappa shape index (κ3) is 8.70. The van der Waals surface area contributed by atoms with Crippen LogP contribution in [0.25, 0.3) is 11.1 Å². The molecule has 3 atom stereocenters. The number of amides is 3. The predicted molar refractivity (Wildman–Crippen MR) is 156 cm³/mol. The zero-order valence-electron chi connectivity index (χ0n) is 23.8. The van der Waals surface area contributed by atoms with Gasteiger partial charge in [0.25, 0.3) is 0 Å². The Morgan fingerprint density at radius 3 is 1.90 bits per heavy atom. The summed E-state index contributed by atoms with van der Waals surface area (Å²) in [4.78, 5) is 72.7. The lowest BCUT2D eigenvalue weighted by Gasteiger charge is -2.20. The van der Waals surface area contributed by atoms with Gasteiger partial charge in [-0.2, -0.15) is 0 Å². The van der Waals surface area contributed by atoms with Gasteiger partial charge in [0.1, 0.15) is 18.2 Å². The second kappa shape index (κ2) is 14.9. The van der Waals surface area contributed by atoms with Crippen molar-refractivity contribution < 1.29 is 33.5 Å². The van der Waals surface area contributed by atoms with E-state index in [9.17, 15) is 28.8 Å². The van der Waals surface area contributed by atoms with Crippen molar-refractivity contribution in [3.8, 4) is 11.1 Å². The van der Waals surface area contributed by atoms with E-state index >= 15 is 0 Å². The first kappa shape index (κ1) is 31.9. The number of allylic oxidation sites excluding steroid dienone is 1. The molecule has 0 aliphatic heterocycles. The Morgan fingerprint density at radius 1 is 0.810 bits per heavy atom. The summed E-state index contributed by atoms with van der Waals surface area (Å²) in [7, 11) is 0. The van der Waals surface area contributed by atoms with E-state index in [4.69, 9.17) is 16.2 Å². The summed E-state index contributed by atoms with van der Waals surface area (Å²) in [5, 5.41) is 2.58. The van der Waals surface area contributed by atoms with Gasteiger partial charge in [-0.15, -0.1) is 0 Å². The highest BCUT2D eigenvalue weighted by molar-refractivity contribution is 5.93. The molecule has 222 valence electrons. The van der Waals surface area contributed by atoms with Crippen LogP contribution in [0.5, 0.6) is 0 Å². The van der Waals surface area contributed by atoms with Gasteiger partial charge in [0.2, 0.25) is 11.8 Å². The molecule has 2 aromatic carbocycles. The van der Waals surface area contributed by atoms with Gasteiger partial charge in [0, 0.05) is 31.1 Å². The third-order valence-corrected chi connectivity index (χ3v) is 7.39. The molecule has 0 radical (unpaired) electrons. The van der Waals surface area contributed by atoms with Gasteiger partial charge < -0.3 is 26.3 Å². The molecule has 2 aromatic rings. The zero-order chi connectivity index (χ0) is 30.8. The Hall–Kier alpha value is -4.60. The number of ketones is 3. The molecule has 0 saturated heterocycles. The standard InChI is InChI=1S/C32H37N3O7/c1-19(36)15-21(20(2)37)9-3-8-14-28(29(38)16-22(31(34)40)17-30(33)39)35-32(41)42-18-27-25-12-6-4-10-23(25)24-11-5-7-13-26(24)27/h3-8,10-13,21-22,27-28H,9,14-18H2,1-2H3,(H2,33,39)(H2,34,40)(H,35,41)/t21?,22-,28-/m0/s1. The lowest BCUT2D eigenvalue weighted by Crippen LogP contribution is -2.43. The van der Waals surface area contributed by atoms with Crippen molar-refractivity contribution in [1.82, 2.24) is 5.32 Å². The minimum atomic E-state index is -1.12. The Balaban J connectivity index is 1.71. The molecule has 42 heavy (non-hydrogen) atoms. The Bertz CT molecular complexity index is 1340. The topological polar surface area (TPSA) is 176 Å². The molecule has 1 unspecified atom stereocenters. The van der Waals surface area contributed by atoms with Crippen LogP contribution in [0.1, 0.15) is 63.0 Å². The fraction of sp³-hybridized carbons (Fsp3) is 0.375.